The van der Waals surface area contributed by atoms with Gasteiger partial charge in [-0.1, -0.05) is 18.2 Å². The molecule has 0 aromatic heterocycles. The third-order valence-electron chi connectivity index (χ3n) is 5.00. The smallest absolute Gasteiger partial charge is 0.325 e. The number of carbonyl (C=O) groups excluding carboxylic acids is 2. The minimum absolute atomic E-state index is 0.0805. The van der Waals surface area contributed by atoms with Crippen LogP contribution in [0.2, 0.25) is 0 Å². The number of nitrogens with one attached hydrogen (secondary N) is 1. The molecular weight excluding hydrogens is 369 g/mol. The second-order valence-electron chi connectivity index (χ2n) is 7.51. The van der Waals surface area contributed by atoms with Gasteiger partial charge in [-0.05, 0) is 63.1 Å². The van der Waals surface area contributed by atoms with E-state index in [9.17, 15) is 22.8 Å². The Morgan fingerprint density at radius 2 is 1.64 bits per heavy atom. The number of hydrogen-bond donors (Lipinski definition) is 1. The van der Waals surface area contributed by atoms with E-state index < -0.39 is 23.1 Å². The lowest BCUT2D eigenvalue weighted by molar-refractivity contribution is -0.138. The molecule has 4 nitrogen and oxygen atoms in total. The number of benzene rings is 2. The van der Waals surface area contributed by atoms with Crippen molar-refractivity contribution in [3.05, 3.63) is 59.7 Å². The fourth-order valence-electron chi connectivity index (χ4n) is 3.30. The molecular formula is C21H21F3N2O2. The van der Waals surface area contributed by atoms with Crippen LogP contribution in [-0.4, -0.2) is 17.9 Å². The van der Waals surface area contributed by atoms with Gasteiger partial charge in [-0.15, -0.1) is 0 Å². The molecule has 28 heavy (non-hydrogen) atoms. The van der Waals surface area contributed by atoms with Gasteiger partial charge in [0, 0.05) is 17.4 Å². The second kappa shape index (κ2) is 6.96. The highest BCUT2D eigenvalue weighted by molar-refractivity contribution is 6.15. The van der Waals surface area contributed by atoms with Crippen molar-refractivity contribution in [1.82, 2.24) is 0 Å². The molecule has 7 heteroatoms. The molecule has 0 aliphatic carbocycles. The van der Waals surface area contributed by atoms with Crippen LogP contribution in [0, 0.1) is 5.41 Å². The number of nitrogens with zero attached hydrogens (tertiary/aromatic N) is 1. The van der Waals surface area contributed by atoms with Gasteiger partial charge < -0.3 is 10.2 Å². The van der Waals surface area contributed by atoms with Crippen molar-refractivity contribution in [1.29, 1.82) is 0 Å². The summed E-state index contributed by atoms with van der Waals surface area (Å²) in [6, 6.07) is 11.6. The first-order chi connectivity index (χ1) is 13.0. The summed E-state index contributed by atoms with van der Waals surface area (Å²) in [6.07, 6.45) is -3.74. The molecule has 0 fully saturated rings. The standard InChI is InChI=1S/C21H21F3N2O2/c1-13-12-14-6-4-5-7-17(14)26(13)19(28)20(2,3)18(27)25-16-10-8-15(9-11-16)21(22,23)24/h4-11,13H,12H2,1-3H3,(H,25,27). The van der Waals surface area contributed by atoms with Gasteiger partial charge in [0.1, 0.15) is 5.41 Å². The van der Waals surface area contributed by atoms with Crippen molar-refractivity contribution >= 4 is 23.2 Å². The van der Waals surface area contributed by atoms with Gasteiger partial charge in [-0.25, -0.2) is 0 Å². The lowest BCUT2D eigenvalue weighted by Crippen LogP contribution is -2.49. The summed E-state index contributed by atoms with van der Waals surface area (Å²) in [5, 5.41) is 2.55. The van der Waals surface area contributed by atoms with E-state index in [-0.39, 0.29) is 17.6 Å². The number of amides is 2. The third-order valence-corrected chi connectivity index (χ3v) is 5.00. The topological polar surface area (TPSA) is 49.4 Å². The van der Waals surface area contributed by atoms with Crippen LogP contribution in [0.4, 0.5) is 24.5 Å². The zero-order valence-corrected chi connectivity index (χ0v) is 15.8. The summed E-state index contributed by atoms with van der Waals surface area (Å²) in [5.41, 5.74) is -0.163. The van der Waals surface area contributed by atoms with Crippen LogP contribution in [0.5, 0.6) is 0 Å². The highest BCUT2D eigenvalue weighted by Gasteiger charge is 2.43. The summed E-state index contributed by atoms with van der Waals surface area (Å²) in [7, 11) is 0. The van der Waals surface area contributed by atoms with Crippen LogP contribution in [0.3, 0.4) is 0 Å². The maximum absolute atomic E-state index is 13.2. The molecule has 0 spiro atoms. The van der Waals surface area contributed by atoms with Crippen molar-refractivity contribution in [3.8, 4) is 0 Å². The van der Waals surface area contributed by atoms with E-state index in [2.05, 4.69) is 5.32 Å². The van der Waals surface area contributed by atoms with Gasteiger partial charge in [0.25, 0.3) is 0 Å². The molecule has 0 saturated heterocycles. The average molecular weight is 390 g/mol. The molecule has 2 aromatic carbocycles. The number of halogens is 3. The van der Waals surface area contributed by atoms with Crippen molar-refractivity contribution in [2.24, 2.45) is 5.41 Å². The van der Waals surface area contributed by atoms with Gasteiger partial charge in [-0.3, -0.25) is 9.59 Å². The Morgan fingerprint density at radius 1 is 1.04 bits per heavy atom. The van der Waals surface area contributed by atoms with Crippen LogP contribution in [0.25, 0.3) is 0 Å². The molecule has 0 saturated carbocycles. The molecule has 1 unspecified atom stereocenters. The Hall–Kier alpha value is -2.83. The number of hydrogen-bond acceptors (Lipinski definition) is 2. The zero-order chi connectivity index (χ0) is 20.7. The molecule has 0 radical (unpaired) electrons. The Morgan fingerprint density at radius 3 is 2.25 bits per heavy atom. The molecule has 1 N–H and O–H groups in total. The van der Waals surface area contributed by atoms with E-state index in [4.69, 9.17) is 0 Å². The molecule has 148 valence electrons. The van der Waals surface area contributed by atoms with Gasteiger partial charge in [0.2, 0.25) is 11.8 Å². The average Bonchev–Trinajstić information content (AvgIpc) is 2.96. The highest BCUT2D eigenvalue weighted by Crippen LogP contribution is 2.36. The number of rotatable bonds is 3. The second-order valence-corrected chi connectivity index (χ2v) is 7.51. The molecule has 0 bridgehead atoms. The van der Waals surface area contributed by atoms with E-state index >= 15 is 0 Å². The first-order valence-electron chi connectivity index (χ1n) is 8.92. The zero-order valence-electron chi connectivity index (χ0n) is 15.8. The summed E-state index contributed by atoms with van der Waals surface area (Å²) in [6.45, 7) is 4.95. The highest BCUT2D eigenvalue weighted by atomic mass is 19.4. The molecule has 2 amide bonds. The van der Waals surface area contributed by atoms with E-state index in [1.165, 1.54) is 26.0 Å². The van der Waals surface area contributed by atoms with E-state index in [0.717, 1.165) is 23.4 Å². The normalized spacial score (nSPS) is 16.6. The van der Waals surface area contributed by atoms with Gasteiger partial charge >= 0.3 is 6.18 Å². The number of carbonyl (C=O) groups is 2. The predicted octanol–water partition coefficient (Wildman–Crippen LogP) is 4.65. The number of anilines is 2. The van der Waals surface area contributed by atoms with E-state index in [1.54, 1.807) is 4.90 Å². The van der Waals surface area contributed by atoms with Gasteiger partial charge in [-0.2, -0.15) is 13.2 Å². The summed E-state index contributed by atoms with van der Waals surface area (Å²) >= 11 is 0. The Bertz CT molecular complexity index is 905. The number of alkyl halides is 3. The van der Waals surface area contributed by atoms with E-state index in [1.807, 2.05) is 31.2 Å². The van der Waals surface area contributed by atoms with Crippen LogP contribution in [0.1, 0.15) is 31.9 Å². The van der Waals surface area contributed by atoms with E-state index in [0.29, 0.717) is 6.42 Å². The summed E-state index contributed by atoms with van der Waals surface area (Å²) < 4.78 is 38.0. The molecule has 3 rings (SSSR count). The van der Waals surface area contributed by atoms with Gasteiger partial charge in [0.05, 0.1) is 5.56 Å². The van der Waals surface area contributed by atoms with Gasteiger partial charge in [0.15, 0.2) is 0 Å². The fourth-order valence-corrected chi connectivity index (χ4v) is 3.30. The Kier molecular flexibility index (Phi) is 4.95. The fraction of sp³-hybridized carbons (Fsp3) is 0.333. The van der Waals surface area contributed by atoms with Crippen LogP contribution >= 0.6 is 0 Å². The molecule has 1 atom stereocenters. The Labute approximate surface area is 161 Å². The first kappa shape index (κ1) is 19.9. The minimum atomic E-state index is -4.45. The number of fused-ring (bicyclic) bond motifs is 1. The number of para-hydroxylation sites is 1. The van der Waals surface area contributed by atoms with Crippen molar-refractivity contribution in [3.63, 3.8) is 0 Å². The molecule has 1 aliphatic heterocycles. The van der Waals surface area contributed by atoms with Crippen molar-refractivity contribution < 1.29 is 22.8 Å². The third kappa shape index (κ3) is 3.61. The lowest BCUT2D eigenvalue weighted by Gasteiger charge is -2.31. The van der Waals surface area contributed by atoms with Crippen LogP contribution in [-0.2, 0) is 22.2 Å². The summed E-state index contributed by atoms with van der Waals surface area (Å²) in [4.78, 5) is 27.6. The van der Waals surface area contributed by atoms with Crippen LogP contribution < -0.4 is 10.2 Å². The minimum Gasteiger partial charge on any atom is -0.325 e. The lowest BCUT2D eigenvalue weighted by atomic mass is 9.89. The monoisotopic (exact) mass is 390 g/mol. The van der Waals surface area contributed by atoms with Crippen molar-refractivity contribution in [2.75, 3.05) is 10.2 Å². The Balaban J connectivity index is 1.78. The van der Waals surface area contributed by atoms with Crippen LogP contribution in [0.15, 0.2) is 48.5 Å². The predicted molar refractivity (Wildman–Crippen MR) is 101 cm³/mol. The maximum atomic E-state index is 13.2. The molecule has 2 aromatic rings. The first-order valence-corrected chi connectivity index (χ1v) is 8.92. The SMILES string of the molecule is CC1Cc2ccccc2N1C(=O)C(C)(C)C(=O)Nc1ccc(C(F)(F)F)cc1. The summed E-state index contributed by atoms with van der Waals surface area (Å²) in [5.74, 6) is -0.928. The maximum Gasteiger partial charge on any atom is 0.416 e. The largest absolute Gasteiger partial charge is 0.416 e. The van der Waals surface area contributed by atoms with Crippen molar-refractivity contribution in [2.45, 2.75) is 39.4 Å². The quantitative estimate of drug-likeness (QED) is 0.776. The molecule has 1 heterocycles. The molecule has 1 aliphatic rings.